The van der Waals surface area contributed by atoms with Crippen molar-refractivity contribution in [1.29, 1.82) is 0 Å². The van der Waals surface area contributed by atoms with Crippen LogP contribution < -0.4 is 0 Å². The van der Waals surface area contributed by atoms with Gasteiger partial charge in [-0.3, -0.25) is 0 Å². The van der Waals surface area contributed by atoms with Gasteiger partial charge in [-0.25, -0.2) is 0 Å². The Labute approximate surface area is 118 Å². The summed E-state index contributed by atoms with van der Waals surface area (Å²) in [5.41, 5.74) is 4.26. The average Bonchev–Trinajstić information content (AvgIpc) is 2.62. The number of hydrogen-bond acceptors (Lipinski definition) is 1. The molecule has 0 aliphatic carbocycles. The first-order chi connectivity index (χ1) is 8.40. The number of benzene rings is 1. The highest BCUT2D eigenvalue weighted by atomic mass is 35.5. The van der Waals surface area contributed by atoms with Crippen LogP contribution in [0.5, 0.6) is 0 Å². The molecule has 0 bridgehead atoms. The molecule has 1 heterocycles. The molecule has 2 rings (SSSR count). The zero-order chi connectivity index (χ0) is 13.4. The largest absolute Gasteiger partial charge is 0.466 e. The molecule has 0 radical (unpaired) electrons. The fourth-order valence-corrected chi connectivity index (χ4v) is 2.82. The van der Waals surface area contributed by atoms with Crippen molar-refractivity contribution in [3.05, 3.63) is 57.0 Å². The zero-order valence-corrected chi connectivity index (χ0v) is 12.5. The number of hydrogen-bond donors (Lipinski definition) is 0. The molecule has 0 aliphatic heterocycles. The second-order valence-electron chi connectivity index (χ2n) is 4.69. The molecule has 0 N–H and O–H groups in total. The summed E-state index contributed by atoms with van der Waals surface area (Å²) >= 11 is 12.7. The highest BCUT2D eigenvalue weighted by Crippen LogP contribution is 2.36. The Morgan fingerprint density at radius 3 is 2.17 bits per heavy atom. The van der Waals surface area contributed by atoms with Gasteiger partial charge in [0.25, 0.3) is 0 Å². The zero-order valence-electron chi connectivity index (χ0n) is 11.0. The first-order valence-electron chi connectivity index (χ1n) is 5.87. The minimum absolute atomic E-state index is 0.196. The molecule has 0 saturated heterocycles. The van der Waals surface area contributed by atoms with Crippen molar-refractivity contribution in [3.63, 3.8) is 0 Å². The van der Waals surface area contributed by atoms with Crippen LogP contribution in [0.15, 0.2) is 22.6 Å². The summed E-state index contributed by atoms with van der Waals surface area (Å²) in [4.78, 5) is 0. The Hall–Kier alpha value is -0.920. The number of halogens is 2. The minimum Gasteiger partial charge on any atom is -0.466 e. The van der Waals surface area contributed by atoms with Gasteiger partial charge in [-0.1, -0.05) is 17.7 Å². The first kappa shape index (κ1) is 13.5. The smallest absolute Gasteiger partial charge is 0.106 e. The van der Waals surface area contributed by atoms with Gasteiger partial charge in [-0.15, -0.1) is 11.6 Å². The summed E-state index contributed by atoms with van der Waals surface area (Å²) in [5, 5.41) is 0.582. The van der Waals surface area contributed by atoms with Crippen LogP contribution >= 0.6 is 23.2 Å². The normalized spacial score (nSPS) is 12.8. The molecule has 1 unspecified atom stereocenters. The maximum atomic E-state index is 6.58. The van der Waals surface area contributed by atoms with Gasteiger partial charge in [-0.2, -0.15) is 0 Å². The fraction of sp³-hybridized carbons (Fsp3) is 0.333. The van der Waals surface area contributed by atoms with Crippen molar-refractivity contribution in [2.24, 2.45) is 0 Å². The topological polar surface area (TPSA) is 13.1 Å². The summed E-state index contributed by atoms with van der Waals surface area (Å²) < 4.78 is 5.54. The van der Waals surface area contributed by atoms with E-state index < -0.39 is 0 Å². The fourth-order valence-electron chi connectivity index (χ4n) is 2.15. The van der Waals surface area contributed by atoms with Gasteiger partial charge in [-0.05, 0) is 56.5 Å². The van der Waals surface area contributed by atoms with Crippen molar-refractivity contribution in [2.75, 3.05) is 0 Å². The van der Waals surface area contributed by atoms with Gasteiger partial charge in [0.2, 0.25) is 0 Å². The monoisotopic (exact) mass is 282 g/mol. The van der Waals surface area contributed by atoms with E-state index in [4.69, 9.17) is 27.6 Å². The molecule has 0 amide bonds. The molecule has 1 atom stereocenters. The van der Waals surface area contributed by atoms with E-state index in [1.165, 1.54) is 0 Å². The lowest BCUT2D eigenvalue weighted by atomic mass is 9.98. The molecule has 0 spiro atoms. The van der Waals surface area contributed by atoms with Crippen LogP contribution in [-0.2, 0) is 0 Å². The number of furan rings is 1. The number of rotatable bonds is 2. The minimum atomic E-state index is -0.196. The van der Waals surface area contributed by atoms with Crippen molar-refractivity contribution in [1.82, 2.24) is 0 Å². The third kappa shape index (κ3) is 2.43. The SMILES string of the molecule is Cc1cc(C(Cl)c2cc(C)c(Cl)cc2C)c(C)o1. The quantitative estimate of drug-likeness (QED) is 0.664. The second-order valence-corrected chi connectivity index (χ2v) is 5.53. The van der Waals surface area contributed by atoms with E-state index in [9.17, 15) is 0 Å². The first-order valence-corrected chi connectivity index (χ1v) is 6.69. The molecular formula is C15H16Cl2O. The van der Waals surface area contributed by atoms with Crippen LogP contribution in [0.3, 0.4) is 0 Å². The predicted molar refractivity (Wildman–Crippen MR) is 76.8 cm³/mol. The molecule has 96 valence electrons. The molecule has 0 aliphatic rings. The summed E-state index contributed by atoms with van der Waals surface area (Å²) in [7, 11) is 0. The Kier molecular flexibility index (Phi) is 3.74. The van der Waals surface area contributed by atoms with E-state index in [2.05, 4.69) is 6.07 Å². The predicted octanol–water partition coefficient (Wildman–Crippen LogP) is 5.49. The van der Waals surface area contributed by atoms with E-state index >= 15 is 0 Å². The Bertz CT molecular complexity index is 584. The molecule has 1 aromatic heterocycles. The number of aryl methyl sites for hydroxylation is 4. The van der Waals surface area contributed by atoms with Gasteiger partial charge >= 0.3 is 0 Å². The lowest BCUT2D eigenvalue weighted by Gasteiger charge is -2.14. The lowest BCUT2D eigenvalue weighted by Crippen LogP contribution is -1.98. The van der Waals surface area contributed by atoms with Gasteiger partial charge in [0.1, 0.15) is 11.5 Å². The van der Waals surface area contributed by atoms with Crippen molar-refractivity contribution < 1.29 is 4.42 Å². The van der Waals surface area contributed by atoms with E-state index in [0.29, 0.717) is 0 Å². The van der Waals surface area contributed by atoms with Crippen LogP contribution in [0.1, 0.15) is 39.2 Å². The summed E-state index contributed by atoms with van der Waals surface area (Å²) in [6.45, 7) is 7.89. The third-order valence-corrected chi connectivity index (χ3v) is 4.05. The summed E-state index contributed by atoms with van der Waals surface area (Å²) in [5.74, 6) is 1.76. The van der Waals surface area contributed by atoms with Gasteiger partial charge < -0.3 is 4.42 Å². The molecule has 1 nitrogen and oxygen atoms in total. The van der Waals surface area contributed by atoms with Gasteiger partial charge in [0.15, 0.2) is 0 Å². The summed E-state index contributed by atoms with van der Waals surface area (Å²) in [6, 6.07) is 6.01. The molecule has 0 saturated carbocycles. The van der Waals surface area contributed by atoms with E-state index in [1.54, 1.807) is 0 Å². The number of alkyl halides is 1. The molecule has 1 aromatic carbocycles. The van der Waals surface area contributed by atoms with Gasteiger partial charge in [0, 0.05) is 10.6 Å². The summed E-state index contributed by atoms with van der Waals surface area (Å²) in [6.07, 6.45) is 0. The van der Waals surface area contributed by atoms with Crippen LogP contribution in [-0.4, -0.2) is 0 Å². The Morgan fingerprint density at radius 1 is 0.944 bits per heavy atom. The third-order valence-electron chi connectivity index (χ3n) is 3.17. The van der Waals surface area contributed by atoms with Crippen molar-refractivity contribution >= 4 is 23.2 Å². The Balaban J connectivity index is 2.49. The highest BCUT2D eigenvalue weighted by molar-refractivity contribution is 6.31. The maximum Gasteiger partial charge on any atom is 0.106 e. The molecular weight excluding hydrogens is 267 g/mol. The van der Waals surface area contributed by atoms with Crippen LogP contribution in [0.2, 0.25) is 5.02 Å². The standard InChI is InChI=1S/C15H16Cl2O/c1-8-6-14(16)9(2)5-12(8)15(17)13-7-10(3)18-11(13)4/h5-7,15H,1-4H3. The second kappa shape index (κ2) is 4.99. The lowest BCUT2D eigenvalue weighted by molar-refractivity contribution is 0.501. The molecule has 18 heavy (non-hydrogen) atoms. The molecule has 3 heteroatoms. The van der Waals surface area contributed by atoms with Crippen molar-refractivity contribution in [2.45, 2.75) is 33.1 Å². The Morgan fingerprint density at radius 2 is 1.61 bits per heavy atom. The van der Waals surface area contributed by atoms with Crippen LogP contribution in [0.4, 0.5) is 0 Å². The van der Waals surface area contributed by atoms with Crippen LogP contribution in [0, 0.1) is 27.7 Å². The van der Waals surface area contributed by atoms with Crippen LogP contribution in [0.25, 0.3) is 0 Å². The van der Waals surface area contributed by atoms with Gasteiger partial charge in [0.05, 0.1) is 5.38 Å². The molecule has 2 aromatic rings. The molecule has 0 fully saturated rings. The van der Waals surface area contributed by atoms with E-state index in [-0.39, 0.29) is 5.38 Å². The average molecular weight is 283 g/mol. The van der Waals surface area contributed by atoms with E-state index in [1.807, 2.05) is 39.8 Å². The van der Waals surface area contributed by atoms with E-state index in [0.717, 1.165) is 38.8 Å². The highest BCUT2D eigenvalue weighted by Gasteiger charge is 2.19. The maximum absolute atomic E-state index is 6.58. The van der Waals surface area contributed by atoms with Crippen molar-refractivity contribution in [3.8, 4) is 0 Å².